The average Bonchev–Trinajstić information content (AvgIpc) is 2.38. The van der Waals surface area contributed by atoms with Crippen LogP contribution in [0.3, 0.4) is 0 Å². The molecule has 3 nitrogen and oxygen atoms in total. The molecule has 0 spiro atoms. The lowest BCUT2D eigenvalue weighted by molar-refractivity contribution is 0.0526. The van der Waals surface area contributed by atoms with Crippen LogP contribution in [0.5, 0.6) is 0 Å². The van der Waals surface area contributed by atoms with Crippen LogP contribution in [-0.4, -0.2) is 18.6 Å². The van der Waals surface area contributed by atoms with Crippen LogP contribution < -0.4 is 5.32 Å². The minimum absolute atomic E-state index is 0.266. The smallest absolute Gasteiger partial charge is 0.338 e. The first-order valence-corrected chi connectivity index (χ1v) is 6.62. The molecule has 2 atom stereocenters. The molecule has 0 radical (unpaired) electrons. The number of benzene rings is 1. The van der Waals surface area contributed by atoms with Crippen molar-refractivity contribution in [1.82, 2.24) is 0 Å². The molecule has 1 N–H and O–H groups in total. The fourth-order valence-corrected chi connectivity index (χ4v) is 1.71. The number of anilines is 1. The summed E-state index contributed by atoms with van der Waals surface area (Å²) in [5.41, 5.74) is 1.56. The largest absolute Gasteiger partial charge is 0.462 e. The highest BCUT2D eigenvalue weighted by molar-refractivity contribution is 5.90. The van der Waals surface area contributed by atoms with E-state index >= 15 is 0 Å². The topological polar surface area (TPSA) is 38.3 Å². The van der Waals surface area contributed by atoms with E-state index in [1.807, 2.05) is 25.1 Å². The predicted octanol–water partition coefficient (Wildman–Crippen LogP) is 3.71. The van der Waals surface area contributed by atoms with E-state index in [1.54, 1.807) is 6.07 Å². The molecule has 0 aliphatic carbocycles. The molecule has 1 rings (SSSR count). The summed E-state index contributed by atoms with van der Waals surface area (Å²) in [5, 5.41) is 3.42. The van der Waals surface area contributed by atoms with E-state index in [9.17, 15) is 4.79 Å². The van der Waals surface area contributed by atoms with Gasteiger partial charge in [-0.05, 0) is 38.0 Å². The third-order valence-corrected chi connectivity index (χ3v) is 3.27. The van der Waals surface area contributed by atoms with E-state index in [4.69, 9.17) is 4.74 Å². The minimum Gasteiger partial charge on any atom is -0.462 e. The van der Waals surface area contributed by atoms with Gasteiger partial charge in [-0.2, -0.15) is 0 Å². The summed E-state index contributed by atoms with van der Waals surface area (Å²) >= 11 is 0. The minimum atomic E-state index is -0.266. The Balaban J connectivity index is 2.73. The first-order valence-electron chi connectivity index (χ1n) is 6.62. The molecule has 0 bridgehead atoms. The third-order valence-electron chi connectivity index (χ3n) is 3.27. The van der Waals surface area contributed by atoms with E-state index in [2.05, 4.69) is 26.1 Å². The summed E-state index contributed by atoms with van der Waals surface area (Å²) in [4.78, 5) is 11.6. The van der Waals surface area contributed by atoms with Gasteiger partial charge in [0.2, 0.25) is 0 Å². The van der Waals surface area contributed by atoms with Crippen LogP contribution in [0.4, 0.5) is 5.69 Å². The molecule has 1 aromatic rings. The third kappa shape index (κ3) is 4.06. The Morgan fingerprint density at radius 3 is 2.67 bits per heavy atom. The molecular weight excluding hydrogens is 226 g/mol. The lowest BCUT2D eigenvalue weighted by atomic mass is 10.0. The summed E-state index contributed by atoms with van der Waals surface area (Å²) in [6.45, 7) is 8.76. The van der Waals surface area contributed by atoms with Gasteiger partial charge >= 0.3 is 5.97 Å². The van der Waals surface area contributed by atoms with Gasteiger partial charge in [0, 0.05) is 11.7 Å². The molecule has 3 heteroatoms. The SMILES string of the molecule is CCOC(=O)c1cccc(NC(C)C(C)CC)c1. The number of carbonyl (C=O) groups excluding carboxylic acids is 1. The fourth-order valence-electron chi connectivity index (χ4n) is 1.71. The number of carbonyl (C=O) groups is 1. The second kappa shape index (κ2) is 7.04. The summed E-state index contributed by atoms with van der Waals surface area (Å²) in [5.74, 6) is 0.327. The normalized spacial score (nSPS) is 13.8. The van der Waals surface area contributed by atoms with E-state index in [-0.39, 0.29) is 5.97 Å². The summed E-state index contributed by atoms with van der Waals surface area (Å²) in [6, 6.07) is 7.85. The number of hydrogen-bond acceptors (Lipinski definition) is 3. The van der Waals surface area contributed by atoms with Crippen molar-refractivity contribution < 1.29 is 9.53 Å². The Morgan fingerprint density at radius 1 is 1.33 bits per heavy atom. The van der Waals surface area contributed by atoms with Gasteiger partial charge in [0.25, 0.3) is 0 Å². The van der Waals surface area contributed by atoms with Gasteiger partial charge in [-0.3, -0.25) is 0 Å². The highest BCUT2D eigenvalue weighted by Gasteiger charge is 2.11. The number of rotatable bonds is 6. The maximum Gasteiger partial charge on any atom is 0.338 e. The molecule has 0 amide bonds. The van der Waals surface area contributed by atoms with Crippen molar-refractivity contribution in [3.63, 3.8) is 0 Å². The van der Waals surface area contributed by atoms with Gasteiger partial charge in [0.05, 0.1) is 12.2 Å². The molecule has 0 aliphatic rings. The lowest BCUT2D eigenvalue weighted by Gasteiger charge is -2.21. The maximum atomic E-state index is 11.6. The Morgan fingerprint density at radius 2 is 2.06 bits per heavy atom. The molecular formula is C15H23NO2. The molecule has 0 fully saturated rings. The standard InChI is InChI=1S/C15H23NO2/c1-5-11(3)12(4)16-14-9-7-8-13(10-14)15(17)18-6-2/h7-12,16H,5-6H2,1-4H3. The molecule has 1 aromatic carbocycles. The quantitative estimate of drug-likeness (QED) is 0.781. The molecule has 2 unspecified atom stereocenters. The zero-order chi connectivity index (χ0) is 13.5. The summed E-state index contributed by atoms with van der Waals surface area (Å²) in [7, 11) is 0. The number of nitrogens with one attached hydrogen (secondary N) is 1. The van der Waals surface area contributed by atoms with Crippen molar-refractivity contribution in [3.8, 4) is 0 Å². The van der Waals surface area contributed by atoms with Gasteiger partial charge in [-0.25, -0.2) is 4.79 Å². The second-order valence-electron chi connectivity index (χ2n) is 4.62. The molecule has 100 valence electrons. The molecule has 0 saturated carbocycles. The molecule has 0 heterocycles. The van der Waals surface area contributed by atoms with Gasteiger partial charge in [0.15, 0.2) is 0 Å². The van der Waals surface area contributed by atoms with Crippen LogP contribution in [-0.2, 0) is 4.74 Å². The number of esters is 1. The van der Waals surface area contributed by atoms with E-state index in [0.29, 0.717) is 24.1 Å². The van der Waals surface area contributed by atoms with E-state index in [1.165, 1.54) is 0 Å². The monoisotopic (exact) mass is 249 g/mol. The zero-order valence-corrected chi connectivity index (χ0v) is 11.7. The average molecular weight is 249 g/mol. The number of hydrogen-bond donors (Lipinski definition) is 1. The lowest BCUT2D eigenvalue weighted by Crippen LogP contribution is -2.23. The molecule has 18 heavy (non-hydrogen) atoms. The fraction of sp³-hybridized carbons (Fsp3) is 0.533. The molecule has 0 aromatic heterocycles. The van der Waals surface area contributed by atoms with E-state index in [0.717, 1.165) is 12.1 Å². The highest BCUT2D eigenvalue weighted by atomic mass is 16.5. The summed E-state index contributed by atoms with van der Waals surface area (Å²) in [6.07, 6.45) is 1.13. The maximum absolute atomic E-state index is 11.6. The van der Waals surface area contributed by atoms with Crippen LogP contribution in [0.1, 0.15) is 44.5 Å². The van der Waals surface area contributed by atoms with Crippen molar-refractivity contribution >= 4 is 11.7 Å². The van der Waals surface area contributed by atoms with Gasteiger partial charge in [-0.1, -0.05) is 26.3 Å². The van der Waals surface area contributed by atoms with Crippen LogP contribution in [0.15, 0.2) is 24.3 Å². The Kier molecular flexibility index (Phi) is 5.69. The van der Waals surface area contributed by atoms with Crippen LogP contribution in [0.2, 0.25) is 0 Å². The van der Waals surface area contributed by atoms with Gasteiger partial charge < -0.3 is 10.1 Å². The van der Waals surface area contributed by atoms with Crippen molar-refractivity contribution in [2.75, 3.05) is 11.9 Å². The van der Waals surface area contributed by atoms with E-state index < -0.39 is 0 Å². The Hall–Kier alpha value is -1.51. The van der Waals surface area contributed by atoms with Gasteiger partial charge in [0.1, 0.15) is 0 Å². The van der Waals surface area contributed by atoms with Crippen molar-refractivity contribution in [2.24, 2.45) is 5.92 Å². The van der Waals surface area contributed by atoms with Crippen molar-refractivity contribution in [2.45, 2.75) is 40.2 Å². The van der Waals surface area contributed by atoms with Crippen LogP contribution in [0, 0.1) is 5.92 Å². The summed E-state index contributed by atoms with van der Waals surface area (Å²) < 4.78 is 4.99. The molecule has 0 aliphatic heterocycles. The molecule has 0 saturated heterocycles. The van der Waals surface area contributed by atoms with Crippen LogP contribution >= 0.6 is 0 Å². The first kappa shape index (κ1) is 14.6. The zero-order valence-electron chi connectivity index (χ0n) is 11.7. The predicted molar refractivity (Wildman–Crippen MR) is 74.9 cm³/mol. The van der Waals surface area contributed by atoms with Crippen molar-refractivity contribution in [3.05, 3.63) is 29.8 Å². The Labute approximate surface area is 110 Å². The first-order chi connectivity index (χ1) is 8.58. The second-order valence-corrected chi connectivity index (χ2v) is 4.62. The highest BCUT2D eigenvalue weighted by Crippen LogP contribution is 2.16. The Bertz CT molecular complexity index is 390. The van der Waals surface area contributed by atoms with Crippen LogP contribution in [0.25, 0.3) is 0 Å². The van der Waals surface area contributed by atoms with Gasteiger partial charge in [-0.15, -0.1) is 0 Å². The van der Waals surface area contributed by atoms with Crippen molar-refractivity contribution in [1.29, 1.82) is 0 Å². The number of ether oxygens (including phenoxy) is 1.